The molecule has 2 amide bonds. The molecule has 0 spiro atoms. The summed E-state index contributed by atoms with van der Waals surface area (Å²) in [5.74, 6) is -0.615. The molecule has 2 atom stereocenters. The van der Waals surface area contributed by atoms with Gasteiger partial charge in [-0.05, 0) is 42.7 Å². The maximum Gasteiger partial charge on any atom is 0.228 e. The van der Waals surface area contributed by atoms with Crippen molar-refractivity contribution in [1.82, 2.24) is 10.3 Å². The molecule has 1 aromatic heterocycles. The Kier molecular flexibility index (Phi) is 4.37. The lowest BCUT2D eigenvalue weighted by Crippen LogP contribution is -2.27. The number of hydrogen-bond acceptors (Lipinski definition) is 3. The topological polar surface area (TPSA) is 71.1 Å². The van der Waals surface area contributed by atoms with Crippen molar-refractivity contribution in [2.45, 2.75) is 19.9 Å². The summed E-state index contributed by atoms with van der Waals surface area (Å²) in [6.07, 6.45) is 4.02. The van der Waals surface area contributed by atoms with E-state index in [1.54, 1.807) is 12.4 Å². The number of rotatable bonds is 5. The van der Waals surface area contributed by atoms with Crippen molar-refractivity contribution >= 4 is 17.5 Å². The molecule has 1 aliphatic rings. The normalized spacial score (nSPS) is 19.0. The van der Waals surface area contributed by atoms with Crippen LogP contribution in [-0.4, -0.2) is 16.8 Å². The van der Waals surface area contributed by atoms with E-state index in [2.05, 4.69) is 15.6 Å². The van der Waals surface area contributed by atoms with Crippen LogP contribution in [0.3, 0.4) is 0 Å². The molecule has 2 aromatic rings. The zero-order valence-electron chi connectivity index (χ0n) is 13.0. The Balaban J connectivity index is 1.48. The van der Waals surface area contributed by atoms with Crippen LogP contribution in [0.2, 0.25) is 0 Å². The van der Waals surface area contributed by atoms with Crippen LogP contribution < -0.4 is 10.6 Å². The summed E-state index contributed by atoms with van der Waals surface area (Å²) in [5, 5.41) is 5.73. The highest BCUT2D eigenvalue weighted by Gasteiger charge is 2.47. The van der Waals surface area contributed by atoms with Gasteiger partial charge in [-0.1, -0.05) is 18.2 Å². The first-order valence-corrected chi connectivity index (χ1v) is 7.67. The molecule has 23 heavy (non-hydrogen) atoms. The summed E-state index contributed by atoms with van der Waals surface area (Å²) in [7, 11) is 0. The van der Waals surface area contributed by atoms with Crippen molar-refractivity contribution in [3.05, 3.63) is 59.9 Å². The second kappa shape index (κ2) is 6.60. The van der Waals surface area contributed by atoms with E-state index in [0.717, 1.165) is 16.8 Å². The average molecular weight is 309 g/mol. The van der Waals surface area contributed by atoms with Gasteiger partial charge in [0, 0.05) is 24.6 Å². The molecule has 0 aliphatic heterocycles. The Bertz CT molecular complexity index is 715. The van der Waals surface area contributed by atoms with Gasteiger partial charge in [0.15, 0.2) is 0 Å². The lowest BCUT2D eigenvalue weighted by molar-refractivity contribution is -0.125. The van der Waals surface area contributed by atoms with E-state index >= 15 is 0 Å². The molecular weight excluding hydrogens is 290 g/mol. The molecule has 5 nitrogen and oxygen atoms in total. The summed E-state index contributed by atoms with van der Waals surface area (Å²) < 4.78 is 0. The van der Waals surface area contributed by atoms with Crippen LogP contribution in [0.1, 0.15) is 17.5 Å². The second-order valence-electron chi connectivity index (χ2n) is 5.89. The van der Waals surface area contributed by atoms with Gasteiger partial charge >= 0.3 is 0 Å². The van der Waals surface area contributed by atoms with Crippen molar-refractivity contribution in [1.29, 1.82) is 0 Å². The molecule has 118 valence electrons. The minimum absolute atomic E-state index is 0.0711. The molecular formula is C18H19N3O2. The Labute approximate surface area is 135 Å². The van der Waals surface area contributed by atoms with Gasteiger partial charge in [-0.15, -0.1) is 0 Å². The van der Waals surface area contributed by atoms with Gasteiger partial charge in [0.1, 0.15) is 0 Å². The van der Waals surface area contributed by atoms with Gasteiger partial charge in [-0.2, -0.15) is 0 Å². The van der Waals surface area contributed by atoms with Crippen molar-refractivity contribution in [2.24, 2.45) is 11.8 Å². The number of aryl methyl sites for hydroxylation is 1. The third-order valence-corrected chi connectivity index (χ3v) is 3.94. The summed E-state index contributed by atoms with van der Waals surface area (Å²) >= 11 is 0. The first-order valence-electron chi connectivity index (χ1n) is 7.67. The summed E-state index contributed by atoms with van der Waals surface area (Å²) in [5.41, 5.74) is 2.81. The van der Waals surface area contributed by atoms with E-state index in [1.165, 1.54) is 0 Å². The molecule has 1 heterocycles. The molecule has 2 unspecified atom stereocenters. The van der Waals surface area contributed by atoms with Crippen molar-refractivity contribution in [2.75, 3.05) is 5.32 Å². The molecule has 0 saturated heterocycles. The number of carbonyl (C=O) groups excluding carboxylic acids is 2. The van der Waals surface area contributed by atoms with Crippen LogP contribution in [0.15, 0.2) is 48.8 Å². The van der Waals surface area contributed by atoms with Gasteiger partial charge in [0.25, 0.3) is 0 Å². The predicted molar refractivity (Wildman–Crippen MR) is 87.5 cm³/mol. The van der Waals surface area contributed by atoms with Gasteiger partial charge in [0.2, 0.25) is 11.8 Å². The first kappa shape index (κ1) is 15.2. The standard InChI is InChI=1S/C18H19N3O2/c1-12-4-2-6-14(8-12)21-18(23)16-9-15(16)17(22)20-11-13-5-3-7-19-10-13/h2-8,10,15-16H,9,11H2,1H3,(H,20,22)(H,21,23). The second-order valence-corrected chi connectivity index (χ2v) is 5.89. The SMILES string of the molecule is Cc1cccc(NC(=O)C2CC2C(=O)NCc2cccnc2)c1. The van der Waals surface area contributed by atoms with Gasteiger partial charge < -0.3 is 10.6 Å². The number of amides is 2. The highest BCUT2D eigenvalue weighted by atomic mass is 16.2. The minimum atomic E-state index is -0.232. The fraction of sp³-hybridized carbons (Fsp3) is 0.278. The van der Waals surface area contributed by atoms with E-state index in [1.807, 2.05) is 43.3 Å². The van der Waals surface area contributed by atoms with Gasteiger partial charge in [0.05, 0.1) is 11.8 Å². The Morgan fingerprint density at radius 2 is 2.00 bits per heavy atom. The maximum atomic E-state index is 12.2. The zero-order chi connectivity index (χ0) is 16.2. The molecule has 1 aliphatic carbocycles. The quantitative estimate of drug-likeness (QED) is 0.890. The van der Waals surface area contributed by atoms with E-state index in [-0.39, 0.29) is 23.7 Å². The smallest absolute Gasteiger partial charge is 0.228 e. The summed E-state index contributed by atoms with van der Waals surface area (Å²) in [6.45, 7) is 2.41. The van der Waals surface area contributed by atoms with Crippen molar-refractivity contribution in [3.63, 3.8) is 0 Å². The third kappa shape index (κ3) is 3.94. The first-order chi connectivity index (χ1) is 11.1. The number of nitrogens with zero attached hydrogens (tertiary/aromatic N) is 1. The van der Waals surface area contributed by atoms with Gasteiger partial charge in [-0.25, -0.2) is 0 Å². The Morgan fingerprint density at radius 1 is 1.17 bits per heavy atom. The Morgan fingerprint density at radius 3 is 2.74 bits per heavy atom. The highest BCUT2D eigenvalue weighted by molar-refractivity contribution is 5.99. The zero-order valence-corrected chi connectivity index (χ0v) is 13.0. The molecule has 0 radical (unpaired) electrons. The molecule has 1 saturated carbocycles. The number of aromatic nitrogens is 1. The summed E-state index contributed by atoms with van der Waals surface area (Å²) in [4.78, 5) is 28.3. The molecule has 0 bridgehead atoms. The average Bonchev–Trinajstić information content (AvgIpc) is 3.34. The van der Waals surface area contributed by atoms with Crippen LogP contribution in [0.5, 0.6) is 0 Å². The van der Waals surface area contributed by atoms with Crippen LogP contribution in [0.4, 0.5) is 5.69 Å². The lowest BCUT2D eigenvalue weighted by atomic mass is 10.2. The number of pyridine rings is 1. The monoisotopic (exact) mass is 309 g/mol. The molecule has 1 fully saturated rings. The third-order valence-electron chi connectivity index (χ3n) is 3.94. The molecule has 1 aromatic carbocycles. The summed E-state index contributed by atoms with van der Waals surface area (Å²) in [6, 6.07) is 11.4. The van der Waals surface area contributed by atoms with E-state index in [9.17, 15) is 9.59 Å². The van der Waals surface area contributed by atoms with Crippen LogP contribution in [-0.2, 0) is 16.1 Å². The van der Waals surface area contributed by atoms with Crippen molar-refractivity contribution < 1.29 is 9.59 Å². The fourth-order valence-corrected chi connectivity index (χ4v) is 2.56. The predicted octanol–water partition coefficient (Wildman–Crippen LogP) is 2.28. The molecule has 3 rings (SSSR count). The van der Waals surface area contributed by atoms with Crippen LogP contribution >= 0.6 is 0 Å². The number of anilines is 1. The number of nitrogens with one attached hydrogen (secondary N) is 2. The lowest BCUT2D eigenvalue weighted by Gasteiger charge is -2.06. The maximum absolute atomic E-state index is 12.2. The number of hydrogen-bond donors (Lipinski definition) is 2. The minimum Gasteiger partial charge on any atom is -0.352 e. The van der Waals surface area contributed by atoms with E-state index < -0.39 is 0 Å². The van der Waals surface area contributed by atoms with Crippen LogP contribution in [0.25, 0.3) is 0 Å². The molecule has 5 heteroatoms. The number of carbonyl (C=O) groups is 2. The van der Waals surface area contributed by atoms with Crippen molar-refractivity contribution in [3.8, 4) is 0 Å². The highest BCUT2D eigenvalue weighted by Crippen LogP contribution is 2.39. The van der Waals surface area contributed by atoms with Gasteiger partial charge in [-0.3, -0.25) is 14.6 Å². The van der Waals surface area contributed by atoms with E-state index in [0.29, 0.717) is 13.0 Å². The number of benzene rings is 1. The Hall–Kier alpha value is -2.69. The van der Waals surface area contributed by atoms with E-state index in [4.69, 9.17) is 0 Å². The molecule has 2 N–H and O–H groups in total. The largest absolute Gasteiger partial charge is 0.352 e. The fourth-order valence-electron chi connectivity index (χ4n) is 2.56. The van der Waals surface area contributed by atoms with Crippen LogP contribution in [0, 0.1) is 18.8 Å².